The van der Waals surface area contributed by atoms with Crippen LogP contribution in [0, 0.1) is 9.39 Å². The molecule has 33 heavy (non-hydrogen) atoms. The first kappa shape index (κ1) is 22.9. The fraction of sp³-hybridized carbons (Fsp3) is 0.0417. The second kappa shape index (κ2) is 9.72. The minimum absolute atomic E-state index is 0.0577. The molecule has 9 heteroatoms. The molecule has 1 aliphatic heterocycles. The molecule has 3 aromatic carbocycles. The van der Waals surface area contributed by atoms with Crippen LogP contribution in [-0.4, -0.2) is 17.8 Å². The fourth-order valence-electron chi connectivity index (χ4n) is 3.14. The molecule has 0 saturated carbocycles. The fourth-order valence-corrected chi connectivity index (χ4v) is 3.96. The third-order valence-electron chi connectivity index (χ3n) is 4.79. The molecule has 3 aromatic rings. The largest absolute Gasteiger partial charge is 0.488 e. The van der Waals surface area contributed by atoms with Crippen molar-refractivity contribution in [3.63, 3.8) is 0 Å². The van der Waals surface area contributed by atoms with Gasteiger partial charge in [-0.05, 0) is 76.7 Å². The molecule has 6 nitrogen and oxygen atoms in total. The highest BCUT2D eigenvalue weighted by Crippen LogP contribution is 2.27. The lowest BCUT2D eigenvalue weighted by atomic mass is 10.1. The Bertz CT molecular complexity index is 1290. The molecule has 0 unspecified atom stereocenters. The molecule has 1 heterocycles. The summed E-state index contributed by atoms with van der Waals surface area (Å²) in [6, 6.07) is 16.7. The summed E-state index contributed by atoms with van der Waals surface area (Å²) in [5.74, 6) is -1.36. The van der Waals surface area contributed by atoms with E-state index in [1.165, 1.54) is 24.3 Å². The van der Waals surface area contributed by atoms with Crippen molar-refractivity contribution in [1.29, 1.82) is 0 Å². The number of carbonyl (C=O) groups is 3. The summed E-state index contributed by atoms with van der Waals surface area (Å²) >= 11 is 7.93. The number of halogens is 3. The Hall–Kier alpha value is -3.24. The first-order chi connectivity index (χ1) is 15.8. The summed E-state index contributed by atoms with van der Waals surface area (Å²) < 4.78 is 20.2. The topological polar surface area (TPSA) is 75.7 Å². The molecule has 1 saturated heterocycles. The van der Waals surface area contributed by atoms with Crippen LogP contribution in [-0.2, 0) is 16.2 Å². The van der Waals surface area contributed by atoms with E-state index in [9.17, 15) is 18.8 Å². The minimum Gasteiger partial charge on any atom is -0.488 e. The van der Waals surface area contributed by atoms with Crippen molar-refractivity contribution in [2.24, 2.45) is 0 Å². The second-order valence-electron chi connectivity index (χ2n) is 7.00. The van der Waals surface area contributed by atoms with Gasteiger partial charge in [0.15, 0.2) is 0 Å². The number of hydrogen-bond acceptors (Lipinski definition) is 4. The SMILES string of the molecule is O=C1NC(=O)N(c2ccc(Cl)cc2)C(=O)/C1=C/c1ccc(OCc2ccccc2F)c(I)c1. The average Bonchev–Trinajstić information content (AvgIpc) is 2.78. The highest BCUT2D eigenvalue weighted by atomic mass is 127. The van der Waals surface area contributed by atoms with E-state index >= 15 is 0 Å². The summed E-state index contributed by atoms with van der Waals surface area (Å²) in [6.45, 7) is 0.0577. The van der Waals surface area contributed by atoms with Crippen LogP contribution < -0.4 is 15.0 Å². The van der Waals surface area contributed by atoms with Gasteiger partial charge >= 0.3 is 6.03 Å². The second-order valence-corrected chi connectivity index (χ2v) is 8.60. The molecule has 166 valence electrons. The van der Waals surface area contributed by atoms with Crippen LogP contribution in [0.5, 0.6) is 5.75 Å². The number of nitrogens with zero attached hydrogens (tertiary/aromatic N) is 1. The number of carbonyl (C=O) groups excluding carboxylic acids is 3. The Labute approximate surface area is 207 Å². The van der Waals surface area contributed by atoms with Crippen LogP contribution >= 0.6 is 34.2 Å². The highest BCUT2D eigenvalue weighted by Gasteiger charge is 2.36. The normalized spacial score (nSPS) is 15.1. The number of anilines is 1. The van der Waals surface area contributed by atoms with E-state index in [0.717, 1.165) is 4.90 Å². The van der Waals surface area contributed by atoms with Crippen molar-refractivity contribution in [1.82, 2.24) is 5.32 Å². The number of ether oxygens (including phenoxy) is 1. The molecule has 0 aromatic heterocycles. The molecule has 0 aliphatic carbocycles. The Kier molecular flexibility index (Phi) is 6.75. The van der Waals surface area contributed by atoms with Crippen molar-refractivity contribution in [3.05, 3.63) is 97.8 Å². The lowest BCUT2D eigenvalue weighted by molar-refractivity contribution is -0.122. The standard InChI is InChI=1S/C24H15ClFIN2O4/c25-16-6-8-17(9-7-16)29-23(31)18(22(30)28-24(29)32)11-14-5-10-21(20(27)12-14)33-13-15-3-1-2-4-19(15)26/h1-12H,13H2,(H,28,30,32)/b18-11+. The number of rotatable bonds is 5. The van der Waals surface area contributed by atoms with Gasteiger partial charge in [-0.15, -0.1) is 0 Å². The maximum Gasteiger partial charge on any atom is 0.335 e. The average molecular weight is 577 g/mol. The van der Waals surface area contributed by atoms with Crippen molar-refractivity contribution >= 4 is 63.8 Å². The van der Waals surface area contributed by atoms with Crippen LogP contribution in [0.4, 0.5) is 14.9 Å². The van der Waals surface area contributed by atoms with E-state index in [0.29, 0.717) is 25.5 Å². The van der Waals surface area contributed by atoms with Gasteiger partial charge in [-0.25, -0.2) is 14.1 Å². The van der Waals surface area contributed by atoms with Crippen molar-refractivity contribution in [2.45, 2.75) is 6.61 Å². The number of hydrogen-bond donors (Lipinski definition) is 1. The van der Waals surface area contributed by atoms with Crippen LogP contribution in [0.25, 0.3) is 6.08 Å². The number of benzene rings is 3. The summed E-state index contributed by atoms with van der Waals surface area (Å²) in [4.78, 5) is 38.5. The van der Waals surface area contributed by atoms with Gasteiger partial charge < -0.3 is 4.74 Å². The van der Waals surface area contributed by atoms with Crippen molar-refractivity contribution in [2.75, 3.05) is 4.90 Å². The third-order valence-corrected chi connectivity index (χ3v) is 5.89. The van der Waals surface area contributed by atoms with Gasteiger partial charge in [0.05, 0.1) is 9.26 Å². The molecule has 1 aliphatic rings. The number of barbiturate groups is 1. The Balaban J connectivity index is 1.57. The van der Waals surface area contributed by atoms with E-state index in [-0.39, 0.29) is 23.7 Å². The summed E-state index contributed by atoms with van der Waals surface area (Å²) in [5, 5.41) is 2.62. The molecule has 0 bridgehead atoms. The molecular formula is C24H15ClFIN2O4. The zero-order chi connectivity index (χ0) is 23.5. The predicted molar refractivity (Wildman–Crippen MR) is 130 cm³/mol. The Morgan fingerprint density at radius 1 is 1.03 bits per heavy atom. The van der Waals surface area contributed by atoms with Gasteiger partial charge in [-0.2, -0.15) is 0 Å². The quantitative estimate of drug-likeness (QED) is 0.253. The van der Waals surface area contributed by atoms with E-state index < -0.39 is 17.8 Å². The predicted octanol–water partition coefficient (Wildman–Crippen LogP) is 5.33. The molecule has 0 spiro atoms. The number of imide groups is 2. The first-order valence-electron chi connectivity index (χ1n) is 9.66. The summed E-state index contributed by atoms with van der Waals surface area (Å²) in [7, 11) is 0. The lowest BCUT2D eigenvalue weighted by Gasteiger charge is -2.26. The maximum atomic E-state index is 13.8. The maximum absolute atomic E-state index is 13.8. The monoisotopic (exact) mass is 576 g/mol. The Morgan fingerprint density at radius 3 is 2.45 bits per heavy atom. The Morgan fingerprint density at radius 2 is 1.76 bits per heavy atom. The number of amides is 4. The van der Waals surface area contributed by atoms with Gasteiger partial charge in [0.1, 0.15) is 23.7 Å². The zero-order valence-electron chi connectivity index (χ0n) is 16.8. The zero-order valence-corrected chi connectivity index (χ0v) is 19.8. The third kappa shape index (κ3) is 5.07. The van der Waals surface area contributed by atoms with Crippen LogP contribution in [0.15, 0.2) is 72.3 Å². The van der Waals surface area contributed by atoms with Crippen molar-refractivity contribution in [3.8, 4) is 5.75 Å². The van der Waals surface area contributed by atoms with Gasteiger partial charge in [0, 0.05) is 10.6 Å². The molecule has 4 rings (SSSR count). The molecule has 0 radical (unpaired) electrons. The minimum atomic E-state index is -0.837. The highest BCUT2D eigenvalue weighted by molar-refractivity contribution is 14.1. The first-order valence-corrected chi connectivity index (χ1v) is 11.1. The summed E-state index contributed by atoms with van der Waals surface area (Å²) in [6.07, 6.45) is 1.40. The van der Waals surface area contributed by atoms with Gasteiger partial charge in [-0.3, -0.25) is 14.9 Å². The van der Waals surface area contributed by atoms with Gasteiger partial charge in [0.2, 0.25) is 0 Å². The van der Waals surface area contributed by atoms with E-state index in [1.54, 1.807) is 48.5 Å². The molecule has 1 N–H and O–H groups in total. The van der Waals surface area contributed by atoms with E-state index in [1.807, 2.05) is 0 Å². The molecule has 0 atom stereocenters. The van der Waals surface area contributed by atoms with Crippen LogP contribution in [0.1, 0.15) is 11.1 Å². The smallest absolute Gasteiger partial charge is 0.335 e. The van der Waals surface area contributed by atoms with Crippen molar-refractivity contribution < 1.29 is 23.5 Å². The number of nitrogens with one attached hydrogen (secondary N) is 1. The van der Waals surface area contributed by atoms with Crippen LogP contribution in [0.3, 0.4) is 0 Å². The number of urea groups is 1. The molecule has 1 fully saturated rings. The summed E-state index contributed by atoms with van der Waals surface area (Å²) in [5.41, 5.74) is 1.07. The lowest BCUT2D eigenvalue weighted by Crippen LogP contribution is -2.54. The van der Waals surface area contributed by atoms with E-state index in [2.05, 4.69) is 27.9 Å². The van der Waals surface area contributed by atoms with Gasteiger partial charge in [-0.1, -0.05) is 35.9 Å². The molecule has 4 amide bonds. The van der Waals surface area contributed by atoms with E-state index in [4.69, 9.17) is 16.3 Å². The van der Waals surface area contributed by atoms with Crippen LogP contribution in [0.2, 0.25) is 5.02 Å². The van der Waals surface area contributed by atoms with Gasteiger partial charge in [0.25, 0.3) is 11.8 Å². The molecular weight excluding hydrogens is 562 g/mol.